The highest BCUT2D eigenvalue weighted by Gasteiger charge is 2.03. The molecule has 0 aliphatic heterocycles. The Morgan fingerprint density at radius 1 is 1.40 bits per heavy atom. The Bertz CT molecular complexity index is 524. The molecule has 5 nitrogen and oxygen atoms in total. The fraction of sp³-hybridized carbons (Fsp3) is 0.385. The van der Waals surface area contributed by atoms with Gasteiger partial charge in [-0.3, -0.25) is 4.99 Å². The molecule has 0 saturated heterocycles. The monoisotopic (exact) mass is 406 g/mol. The number of aromatic nitrogens is 1. The van der Waals surface area contributed by atoms with Crippen molar-refractivity contribution in [2.24, 2.45) is 4.99 Å². The van der Waals surface area contributed by atoms with Gasteiger partial charge in [-0.05, 0) is 18.6 Å². The number of guanidine groups is 1. The van der Waals surface area contributed by atoms with Crippen LogP contribution in [0.4, 0.5) is 0 Å². The summed E-state index contributed by atoms with van der Waals surface area (Å²) in [7, 11) is 1.75. The van der Waals surface area contributed by atoms with Gasteiger partial charge < -0.3 is 15.1 Å². The lowest BCUT2D eigenvalue weighted by atomic mass is 10.4. The SMILES string of the molecule is CCc1cnc(CNC(=NC)NCc2ccco2)s1.I. The standard InChI is InChI=1S/C13H18N4OS.HI/c1-3-11-8-15-12(19-11)9-17-13(14-2)16-7-10-5-4-6-18-10;/h4-6,8H,3,7,9H2,1-2H3,(H2,14,16,17);1H. The van der Waals surface area contributed by atoms with E-state index < -0.39 is 0 Å². The van der Waals surface area contributed by atoms with Crippen molar-refractivity contribution in [1.29, 1.82) is 0 Å². The third-order valence-corrected chi connectivity index (χ3v) is 3.73. The molecule has 0 radical (unpaired) electrons. The van der Waals surface area contributed by atoms with Crippen molar-refractivity contribution in [3.63, 3.8) is 0 Å². The van der Waals surface area contributed by atoms with Gasteiger partial charge in [-0.25, -0.2) is 4.98 Å². The lowest BCUT2D eigenvalue weighted by Gasteiger charge is -2.09. The van der Waals surface area contributed by atoms with E-state index >= 15 is 0 Å². The smallest absolute Gasteiger partial charge is 0.191 e. The lowest BCUT2D eigenvalue weighted by molar-refractivity contribution is 0.501. The predicted octanol–water partition coefficient (Wildman–Crippen LogP) is 2.78. The quantitative estimate of drug-likeness (QED) is 0.456. The number of nitrogens with zero attached hydrogens (tertiary/aromatic N) is 2. The minimum atomic E-state index is 0. The summed E-state index contributed by atoms with van der Waals surface area (Å²) in [6, 6.07) is 3.80. The number of aliphatic imine (C=N–C) groups is 1. The number of hydrogen-bond acceptors (Lipinski definition) is 4. The Morgan fingerprint density at radius 2 is 2.20 bits per heavy atom. The van der Waals surface area contributed by atoms with E-state index in [2.05, 4.69) is 27.5 Å². The third kappa shape index (κ3) is 5.12. The Morgan fingerprint density at radius 3 is 2.80 bits per heavy atom. The molecule has 0 amide bonds. The van der Waals surface area contributed by atoms with E-state index in [0.717, 1.165) is 23.1 Å². The molecule has 0 bridgehead atoms. The molecule has 20 heavy (non-hydrogen) atoms. The van der Waals surface area contributed by atoms with E-state index in [9.17, 15) is 0 Å². The van der Waals surface area contributed by atoms with Crippen LogP contribution in [0.1, 0.15) is 22.6 Å². The summed E-state index contributed by atoms with van der Waals surface area (Å²) in [4.78, 5) is 9.82. The average molecular weight is 406 g/mol. The van der Waals surface area contributed by atoms with Crippen molar-refractivity contribution in [1.82, 2.24) is 15.6 Å². The second kappa shape index (κ2) is 8.96. The van der Waals surface area contributed by atoms with Crippen molar-refractivity contribution in [2.75, 3.05) is 7.05 Å². The van der Waals surface area contributed by atoms with Crippen molar-refractivity contribution in [3.8, 4) is 0 Å². The first kappa shape index (κ1) is 17.0. The van der Waals surface area contributed by atoms with E-state index in [4.69, 9.17) is 4.42 Å². The molecule has 7 heteroatoms. The number of nitrogens with one attached hydrogen (secondary N) is 2. The Kier molecular flexibility index (Phi) is 7.60. The van der Waals surface area contributed by atoms with Gasteiger partial charge in [0.15, 0.2) is 5.96 Å². The van der Waals surface area contributed by atoms with Crippen LogP contribution in [0.25, 0.3) is 0 Å². The number of hydrogen-bond donors (Lipinski definition) is 2. The fourth-order valence-corrected chi connectivity index (χ4v) is 2.36. The molecule has 0 aliphatic carbocycles. The Balaban J connectivity index is 0.00000200. The van der Waals surface area contributed by atoms with Crippen LogP contribution in [0.5, 0.6) is 0 Å². The van der Waals surface area contributed by atoms with E-state index in [1.54, 1.807) is 24.6 Å². The highest BCUT2D eigenvalue weighted by Crippen LogP contribution is 2.12. The van der Waals surface area contributed by atoms with Crippen LogP contribution in [-0.4, -0.2) is 18.0 Å². The lowest BCUT2D eigenvalue weighted by Crippen LogP contribution is -2.36. The van der Waals surface area contributed by atoms with Crippen LogP contribution in [0.15, 0.2) is 34.0 Å². The third-order valence-electron chi connectivity index (χ3n) is 2.59. The first-order valence-electron chi connectivity index (χ1n) is 6.22. The van der Waals surface area contributed by atoms with Crippen LogP contribution in [0.3, 0.4) is 0 Å². The summed E-state index contributed by atoms with van der Waals surface area (Å²) in [6.07, 6.45) is 4.62. The summed E-state index contributed by atoms with van der Waals surface area (Å²) in [5.74, 6) is 1.62. The van der Waals surface area contributed by atoms with Crippen LogP contribution in [0, 0.1) is 0 Å². The topological polar surface area (TPSA) is 62.5 Å². The van der Waals surface area contributed by atoms with Crippen LogP contribution in [0.2, 0.25) is 0 Å². The molecule has 0 saturated carbocycles. The van der Waals surface area contributed by atoms with Crippen molar-refractivity contribution < 1.29 is 4.42 Å². The molecule has 0 aromatic carbocycles. The number of thiazole rings is 1. The molecule has 2 aromatic heterocycles. The van der Waals surface area contributed by atoms with Crippen molar-refractivity contribution in [3.05, 3.63) is 40.2 Å². The second-order valence-electron chi connectivity index (χ2n) is 3.93. The molecular formula is C13H19IN4OS. The largest absolute Gasteiger partial charge is 0.467 e. The molecular weight excluding hydrogens is 387 g/mol. The molecule has 0 spiro atoms. The van der Waals surface area contributed by atoms with E-state index in [1.165, 1.54) is 4.88 Å². The Labute approximate surface area is 139 Å². The molecule has 0 unspecified atom stereocenters. The van der Waals surface area contributed by atoms with Crippen LogP contribution >= 0.6 is 35.3 Å². The zero-order chi connectivity index (χ0) is 13.5. The number of aryl methyl sites for hydroxylation is 1. The summed E-state index contributed by atoms with van der Waals surface area (Å²) < 4.78 is 5.25. The summed E-state index contributed by atoms with van der Waals surface area (Å²) >= 11 is 1.73. The molecule has 0 aliphatic rings. The second-order valence-corrected chi connectivity index (χ2v) is 5.13. The maximum Gasteiger partial charge on any atom is 0.191 e. The maximum absolute atomic E-state index is 5.25. The summed E-state index contributed by atoms with van der Waals surface area (Å²) in [6.45, 7) is 3.43. The van der Waals surface area contributed by atoms with Gasteiger partial charge in [0, 0.05) is 18.1 Å². The molecule has 2 rings (SSSR count). The van der Waals surface area contributed by atoms with Crippen LogP contribution < -0.4 is 10.6 Å². The van der Waals surface area contributed by atoms with Gasteiger partial charge in [0.1, 0.15) is 10.8 Å². The molecule has 2 N–H and O–H groups in total. The fourth-order valence-electron chi connectivity index (χ4n) is 1.56. The van der Waals surface area contributed by atoms with Gasteiger partial charge >= 0.3 is 0 Å². The normalized spacial score (nSPS) is 11.0. The maximum atomic E-state index is 5.25. The molecule has 0 fully saturated rings. The first-order valence-corrected chi connectivity index (χ1v) is 7.04. The first-order chi connectivity index (χ1) is 9.31. The number of rotatable bonds is 5. The van der Waals surface area contributed by atoms with E-state index in [1.807, 2.05) is 18.3 Å². The minimum Gasteiger partial charge on any atom is -0.467 e. The van der Waals surface area contributed by atoms with Gasteiger partial charge in [0.2, 0.25) is 0 Å². The van der Waals surface area contributed by atoms with Gasteiger partial charge in [-0.1, -0.05) is 6.92 Å². The zero-order valence-corrected chi connectivity index (χ0v) is 14.7. The van der Waals surface area contributed by atoms with E-state index in [-0.39, 0.29) is 24.0 Å². The van der Waals surface area contributed by atoms with Gasteiger partial charge in [0.05, 0.1) is 19.4 Å². The number of furan rings is 1. The number of halogens is 1. The predicted molar refractivity (Wildman–Crippen MR) is 92.7 cm³/mol. The van der Waals surface area contributed by atoms with Gasteiger partial charge in [-0.15, -0.1) is 35.3 Å². The molecule has 0 atom stereocenters. The van der Waals surface area contributed by atoms with Crippen LogP contribution in [-0.2, 0) is 19.5 Å². The zero-order valence-electron chi connectivity index (χ0n) is 11.5. The van der Waals surface area contributed by atoms with E-state index in [0.29, 0.717) is 13.1 Å². The summed E-state index contributed by atoms with van der Waals surface area (Å²) in [5.41, 5.74) is 0. The average Bonchev–Trinajstić information content (AvgIpc) is 3.10. The van der Waals surface area contributed by atoms with Gasteiger partial charge in [0.25, 0.3) is 0 Å². The molecule has 2 heterocycles. The Hall–Kier alpha value is -1.09. The van der Waals surface area contributed by atoms with Gasteiger partial charge in [-0.2, -0.15) is 0 Å². The summed E-state index contributed by atoms with van der Waals surface area (Å²) in [5, 5.41) is 7.48. The van der Waals surface area contributed by atoms with Crippen molar-refractivity contribution >= 4 is 41.3 Å². The molecule has 2 aromatic rings. The van der Waals surface area contributed by atoms with Crippen molar-refractivity contribution in [2.45, 2.75) is 26.4 Å². The molecule has 110 valence electrons. The minimum absolute atomic E-state index is 0. The highest BCUT2D eigenvalue weighted by atomic mass is 127. The highest BCUT2D eigenvalue weighted by molar-refractivity contribution is 14.0.